The topological polar surface area (TPSA) is 0 Å². The third kappa shape index (κ3) is 3.65. The fourth-order valence-corrected chi connectivity index (χ4v) is 0.177. The van der Waals surface area contributed by atoms with Gasteiger partial charge in [0.05, 0.1) is 0 Å². The maximum atomic E-state index is 3.43. The van der Waals surface area contributed by atoms with E-state index in [0.717, 1.165) is 6.42 Å². The van der Waals surface area contributed by atoms with E-state index in [1.165, 1.54) is 6.42 Å². The molecule has 0 atom stereocenters. The lowest BCUT2D eigenvalue weighted by atomic mass is 10.3. The Labute approximate surface area is 33.5 Å². The highest BCUT2D eigenvalue weighted by Gasteiger charge is 1.78. The summed E-state index contributed by atoms with van der Waals surface area (Å²) in [5.41, 5.74) is 0. The normalized spacial score (nSPS) is 6.60. The summed E-state index contributed by atoms with van der Waals surface area (Å²) in [6.07, 6.45) is 4.97. The van der Waals surface area contributed by atoms with Gasteiger partial charge in [0, 0.05) is 0 Å². The third-order valence-corrected chi connectivity index (χ3v) is 0.427. The van der Waals surface area contributed by atoms with E-state index in [1.54, 1.807) is 0 Å². The van der Waals surface area contributed by atoms with Crippen LogP contribution in [-0.2, 0) is 0 Å². The summed E-state index contributed by atoms with van der Waals surface area (Å²) in [6, 6.07) is 0. The molecule has 0 amide bonds. The van der Waals surface area contributed by atoms with Crippen molar-refractivity contribution in [1.29, 1.82) is 0 Å². The van der Waals surface area contributed by atoms with E-state index in [4.69, 9.17) is 0 Å². The molecule has 0 rings (SSSR count). The van der Waals surface area contributed by atoms with Crippen LogP contribution in [0, 0.1) is 6.08 Å². The van der Waals surface area contributed by atoms with Crippen molar-refractivity contribution in [2.45, 2.75) is 19.8 Å². The van der Waals surface area contributed by atoms with Gasteiger partial charge in [0.25, 0.3) is 0 Å². The third-order valence-electron chi connectivity index (χ3n) is 0.427. The second-order valence-corrected chi connectivity index (χ2v) is 1.000. The summed E-state index contributed by atoms with van der Waals surface area (Å²) in [5.74, 6) is 0. The van der Waals surface area contributed by atoms with Crippen molar-refractivity contribution in [2.75, 3.05) is 0 Å². The van der Waals surface area contributed by atoms with Gasteiger partial charge >= 0.3 is 0 Å². The average molecular weight is 69.1 g/mol. The molecule has 0 saturated heterocycles. The van der Waals surface area contributed by atoms with Crippen LogP contribution in [0.1, 0.15) is 19.8 Å². The van der Waals surface area contributed by atoms with Crippen molar-refractivity contribution < 1.29 is 0 Å². The van der Waals surface area contributed by atoms with Gasteiger partial charge in [-0.15, -0.1) is 0 Å². The van der Waals surface area contributed by atoms with Gasteiger partial charge in [0.15, 0.2) is 6.42 Å². The van der Waals surface area contributed by atoms with Gasteiger partial charge < -0.3 is 0 Å². The first-order valence-electron chi connectivity index (χ1n) is 1.91. The second-order valence-electron chi connectivity index (χ2n) is 1.000. The molecule has 0 aromatic carbocycles. The second kappa shape index (κ2) is 3.65. The van der Waals surface area contributed by atoms with E-state index in [1.807, 2.05) is 0 Å². The monoisotopic (exact) mass is 69.1 g/mol. The molecular weight excluding hydrogens is 60.1 g/mol. The number of hydrogen-bond acceptors (Lipinski definition) is 0. The molecule has 0 nitrogen and oxygen atoms in total. The van der Waals surface area contributed by atoms with E-state index in [0.29, 0.717) is 0 Å². The average Bonchev–Trinajstić information content (AvgIpc) is 1.41. The molecule has 0 aliphatic heterocycles. The molecule has 0 saturated carbocycles. The van der Waals surface area contributed by atoms with E-state index >= 15 is 0 Å². The molecule has 0 N–H and O–H groups in total. The summed E-state index contributed by atoms with van der Waals surface area (Å²) >= 11 is 0. The molecule has 0 unspecified atom stereocenters. The molecule has 28 valence electrons. The summed E-state index contributed by atoms with van der Waals surface area (Å²) < 4.78 is 0. The molecule has 5 heavy (non-hydrogen) atoms. The van der Waals surface area contributed by atoms with Gasteiger partial charge in [-0.1, -0.05) is 6.92 Å². The predicted octanol–water partition coefficient (Wildman–Crippen LogP) is 1.78. The number of rotatable bonds is 2. The molecule has 0 aromatic heterocycles. The molecular formula is C5H9+. The number of hydrogen-bond donors (Lipinski definition) is 0. The van der Waals surface area contributed by atoms with Crippen molar-refractivity contribution in [3.05, 3.63) is 12.7 Å². The molecule has 0 heterocycles. The van der Waals surface area contributed by atoms with E-state index in [2.05, 4.69) is 19.6 Å². The smallest absolute Gasteiger partial charge is 0.0607 e. The fraction of sp³-hybridized carbons (Fsp3) is 0.600. The Hall–Kier alpha value is -0.350. The van der Waals surface area contributed by atoms with Crippen LogP contribution in [0.15, 0.2) is 6.58 Å². The van der Waals surface area contributed by atoms with Crippen LogP contribution in [0.5, 0.6) is 0 Å². The first-order valence-corrected chi connectivity index (χ1v) is 1.91. The lowest BCUT2D eigenvalue weighted by molar-refractivity contribution is 0.943. The standard InChI is InChI=1S/C5H9/c1-3-5-4-2/h1,4-5H2,2H3/q+1. The highest BCUT2D eigenvalue weighted by Crippen LogP contribution is 1.80. The minimum absolute atomic E-state index is 1.03. The highest BCUT2D eigenvalue weighted by atomic mass is 13.7. The Balaban J connectivity index is 2.40. The first-order chi connectivity index (χ1) is 2.41. The lowest BCUT2D eigenvalue weighted by Gasteiger charge is -1.58. The Morgan fingerprint density at radius 2 is 2.40 bits per heavy atom. The number of allylic oxidation sites excluding steroid dienone is 1. The molecule has 0 spiro atoms. The summed E-state index contributed by atoms with van der Waals surface area (Å²) in [6.45, 7) is 5.53. The quantitative estimate of drug-likeness (QED) is 0.433. The molecule has 0 radical (unpaired) electrons. The van der Waals surface area contributed by atoms with Crippen molar-refractivity contribution >= 4 is 0 Å². The Morgan fingerprint density at radius 3 is 2.40 bits per heavy atom. The molecule has 0 aromatic rings. The zero-order chi connectivity index (χ0) is 4.12. The van der Waals surface area contributed by atoms with Crippen LogP contribution < -0.4 is 0 Å². The van der Waals surface area contributed by atoms with Crippen LogP contribution in [0.3, 0.4) is 0 Å². The lowest BCUT2D eigenvalue weighted by Crippen LogP contribution is -1.53. The predicted molar refractivity (Wildman–Crippen MR) is 23.8 cm³/mol. The van der Waals surface area contributed by atoms with Crippen molar-refractivity contribution in [2.24, 2.45) is 0 Å². The molecule has 0 aliphatic rings. The van der Waals surface area contributed by atoms with Gasteiger partial charge in [-0.2, -0.15) is 0 Å². The minimum Gasteiger partial charge on any atom is -0.0607 e. The van der Waals surface area contributed by atoms with E-state index in [9.17, 15) is 0 Å². The van der Waals surface area contributed by atoms with E-state index in [-0.39, 0.29) is 0 Å². The number of unbranched alkanes of at least 4 members (excludes halogenated alkanes) is 1. The zero-order valence-electron chi connectivity index (χ0n) is 3.62. The maximum absolute atomic E-state index is 3.43. The van der Waals surface area contributed by atoms with Crippen molar-refractivity contribution in [3.8, 4) is 0 Å². The van der Waals surface area contributed by atoms with Crippen LogP contribution in [0.25, 0.3) is 0 Å². The van der Waals surface area contributed by atoms with E-state index < -0.39 is 0 Å². The SMILES string of the molecule is C=[C+]CCC. The maximum Gasteiger partial charge on any atom is 0.214 e. The van der Waals surface area contributed by atoms with Crippen molar-refractivity contribution in [3.63, 3.8) is 0 Å². The minimum atomic E-state index is 1.03. The van der Waals surface area contributed by atoms with Crippen molar-refractivity contribution in [1.82, 2.24) is 0 Å². The van der Waals surface area contributed by atoms with Crippen LogP contribution in [-0.4, -0.2) is 0 Å². The molecule has 0 heteroatoms. The first kappa shape index (κ1) is 4.65. The molecule has 0 bridgehead atoms. The van der Waals surface area contributed by atoms with Gasteiger partial charge in [-0.25, -0.2) is 0 Å². The van der Waals surface area contributed by atoms with Crippen LogP contribution in [0.4, 0.5) is 0 Å². The van der Waals surface area contributed by atoms with Gasteiger partial charge in [-0.3, -0.25) is 0 Å². The van der Waals surface area contributed by atoms with Gasteiger partial charge in [0.1, 0.15) is 6.58 Å². The van der Waals surface area contributed by atoms with Crippen LogP contribution in [0.2, 0.25) is 0 Å². The Bertz CT molecular complexity index is 21.2. The Morgan fingerprint density at radius 1 is 1.80 bits per heavy atom. The van der Waals surface area contributed by atoms with Crippen LogP contribution >= 0.6 is 0 Å². The van der Waals surface area contributed by atoms with Gasteiger partial charge in [0.2, 0.25) is 6.08 Å². The molecule has 0 aliphatic carbocycles. The summed E-state index contributed by atoms with van der Waals surface area (Å²) in [5, 5.41) is 0. The zero-order valence-corrected chi connectivity index (χ0v) is 3.62. The summed E-state index contributed by atoms with van der Waals surface area (Å²) in [7, 11) is 0. The summed E-state index contributed by atoms with van der Waals surface area (Å²) in [4.78, 5) is 0. The fourth-order valence-electron chi connectivity index (χ4n) is 0.177. The molecule has 0 fully saturated rings. The largest absolute Gasteiger partial charge is 0.214 e. The Kier molecular flexibility index (Phi) is 3.39. The van der Waals surface area contributed by atoms with Gasteiger partial charge in [-0.05, 0) is 6.42 Å². The highest BCUT2D eigenvalue weighted by molar-refractivity contribution is 4.50.